The minimum absolute atomic E-state index is 0.0275. The van der Waals surface area contributed by atoms with Gasteiger partial charge in [0, 0.05) is 24.8 Å². The van der Waals surface area contributed by atoms with Crippen molar-refractivity contribution in [2.45, 2.75) is 32.2 Å². The molecule has 0 aromatic carbocycles. The van der Waals surface area contributed by atoms with E-state index in [1.54, 1.807) is 13.8 Å². The standard InChI is InChI=1S/C10H20N2O5S/c1-10(2,5-4-8(13)14)12-9(15)11-6-7-18(3,16)17/h4-7H2,1-3H3,(H,13,14)(H2,11,12,15). The molecule has 106 valence electrons. The molecule has 0 spiro atoms. The van der Waals surface area contributed by atoms with Gasteiger partial charge in [0.1, 0.15) is 9.84 Å². The molecule has 0 aliphatic heterocycles. The van der Waals surface area contributed by atoms with E-state index in [4.69, 9.17) is 5.11 Å². The number of sulfone groups is 1. The molecule has 18 heavy (non-hydrogen) atoms. The van der Waals surface area contributed by atoms with Crippen molar-refractivity contribution >= 4 is 21.8 Å². The molecule has 2 amide bonds. The first-order chi connectivity index (χ1) is 8.02. The first-order valence-corrected chi connectivity index (χ1v) is 7.53. The Hall–Kier alpha value is -1.31. The van der Waals surface area contributed by atoms with E-state index in [0.29, 0.717) is 6.42 Å². The van der Waals surface area contributed by atoms with Crippen LogP contribution in [0.4, 0.5) is 4.79 Å². The Labute approximate surface area is 107 Å². The third-order valence-electron chi connectivity index (χ3n) is 2.17. The van der Waals surface area contributed by atoms with Crippen LogP contribution >= 0.6 is 0 Å². The van der Waals surface area contributed by atoms with Crippen LogP contribution < -0.4 is 10.6 Å². The van der Waals surface area contributed by atoms with Gasteiger partial charge in [-0.2, -0.15) is 0 Å². The van der Waals surface area contributed by atoms with Crippen LogP contribution in [0.25, 0.3) is 0 Å². The zero-order valence-corrected chi connectivity index (χ0v) is 11.6. The Bertz CT molecular complexity index is 402. The molecule has 0 saturated carbocycles. The van der Waals surface area contributed by atoms with Crippen LogP contribution in [0, 0.1) is 0 Å². The summed E-state index contributed by atoms with van der Waals surface area (Å²) in [7, 11) is -3.11. The van der Waals surface area contributed by atoms with Crippen LogP contribution in [0.3, 0.4) is 0 Å². The highest BCUT2D eigenvalue weighted by Crippen LogP contribution is 2.10. The van der Waals surface area contributed by atoms with E-state index in [-0.39, 0.29) is 18.7 Å². The number of rotatable bonds is 7. The third kappa shape index (κ3) is 9.88. The second kappa shape index (κ2) is 6.58. The van der Waals surface area contributed by atoms with Crippen molar-refractivity contribution in [1.82, 2.24) is 10.6 Å². The Morgan fingerprint density at radius 2 is 1.83 bits per heavy atom. The zero-order valence-electron chi connectivity index (χ0n) is 10.8. The van der Waals surface area contributed by atoms with Gasteiger partial charge in [0.15, 0.2) is 0 Å². The van der Waals surface area contributed by atoms with Gasteiger partial charge in [-0.15, -0.1) is 0 Å². The van der Waals surface area contributed by atoms with Gasteiger partial charge in [0.2, 0.25) is 0 Å². The molecule has 0 aromatic rings. The monoisotopic (exact) mass is 280 g/mol. The van der Waals surface area contributed by atoms with Gasteiger partial charge in [0.05, 0.1) is 5.75 Å². The topological polar surface area (TPSA) is 113 Å². The molecule has 0 fully saturated rings. The number of hydrogen-bond donors (Lipinski definition) is 3. The fourth-order valence-electron chi connectivity index (χ4n) is 1.18. The summed E-state index contributed by atoms with van der Waals surface area (Å²) in [5, 5.41) is 13.5. The molecule has 0 aliphatic rings. The summed E-state index contributed by atoms with van der Waals surface area (Å²) < 4.78 is 21.7. The highest BCUT2D eigenvalue weighted by atomic mass is 32.2. The summed E-state index contributed by atoms with van der Waals surface area (Å²) in [5.41, 5.74) is -0.659. The lowest BCUT2D eigenvalue weighted by Gasteiger charge is -2.25. The number of urea groups is 1. The molecular formula is C10H20N2O5S. The smallest absolute Gasteiger partial charge is 0.315 e. The fourth-order valence-corrected chi connectivity index (χ4v) is 1.66. The average molecular weight is 280 g/mol. The first-order valence-electron chi connectivity index (χ1n) is 5.47. The van der Waals surface area contributed by atoms with Crippen molar-refractivity contribution in [2.24, 2.45) is 0 Å². The molecule has 0 aliphatic carbocycles. The Balaban J connectivity index is 4.03. The predicted molar refractivity (Wildman–Crippen MR) is 67.2 cm³/mol. The summed E-state index contributed by atoms with van der Waals surface area (Å²) in [6.07, 6.45) is 1.34. The summed E-state index contributed by atoms with van der Waals surface area (Å²) in [4.78, 5) is 21.8. The van der Waals surface area contributed by atoms with E-state index in [1.807, 2.05) is 0 Å². The van der Waals surface area contributed by atoms with Crippen molar-refractivity contribution in [2.75, 3.05) is 18.6 Å². The number of hydrogen-bond acceptors (Lipinski definition) is 4. The number of nitrogens with one attached hydrogen (secondary N) is 2. The molecule has 0 heterocycles. The molecule has 0 aromatic heterocycles. The number of carbonyl (C=O) groups excluding carboxylic acids is 1. The van der Waals surface area contributed by atoms with E-state index in [1.165, 1.54) is 0 Å². The number of amides is 2. The van der Waals surface area contributed by atoms with Gasteiger partial charge in [-0.1, -0.05) is 0 Å². The van der Waals surface area contributed by atoms with E-state index < -0.39 is 27.4 Å². The van der Waals surface area contributed by atoms with Crippen molar-refractivity contribution < 1.29 is 23.1 Å². The molecule has 0 unspecified atom stereocenters. The third-order valence-corrected chi connectivity index (χ3v) is 3.12. The summed E-state index contributed by atoms with van der Waals surface area (Å²) >= 11 is 0. The highest BCUT2D eigenvalue weighted by Gasteiger charge is 2.21. The van der Waals surface area contributed by atoms with Gasteiger partial charge in [-0.3, -0.25) is 4.79 Å². The Kier molecular flexibility index (Phi) is 6.10. The van der Waals surface area contributed by atoms with Crippen molar-refractivity contribution in [3.05, 3.63) is 0 Å². The molecule has 7 nitrogen and oxygen atoms in total. The van der Waals surface area contributed by atoms with E-state index in [0.717, 1.165) is 6.26 Å². The number of carboxylic acids is 1. The number of aliphatic carboxylic acids is 1. The molecule has 8 heteroatoms. The van der Waals surface area contributed by atoms with Crippen LogP contribution in [0.1, 0.15) is 26.7 Å². The number of carboxylic acid groups (broad SMARTS) is 1. The Morgan fingerprint density at radius 3 is 2.28 bits per heavy atom. The quantitative estimate of drug-likeness (QED) is 0.606. The maximum atomic E-state index is 11.4. The summed E-state index contributed by atoms with van der Waals surface area (Å²) in [6.45, 7) is 3.43. The predicted octanol–water partition coefficient (Wildman–Crippen LogP) is -0.0264. The fraction of sp³-hybridized carbons (Fsp3) is 0.800. The minimum atomic E-state index is -3.11. The van der Waals surface area contributed by atoms with E-state index in [2.05, 4.69) is 10.6 Å². The van der Waals surface area contributed by atoms with Gasteiger partial charge >= 0.3 is 12.0 Å². The lowest BCUT2D eigenvalue weighted by Crippen LogP contribution is -2.49. The molecule has 0 bridgehead atoms. The van der Waals surface area contributed by atoms with Crippen molar-refractivity contribution in [1.29, 1.82) is 0 Å². The second-order valence-electron chi connectivity index (χ2n) is 4.79. The molecular weight excluding hydrogens is 260 g/mol. The molecule has 3 N–H and O–H groups in total. The van der Waals surface area contributed by atoms with Gasteiger partial charge in [-0.05, 0) is 20.3 Å². The van der Waals surface area contributed by atoms with Gasteiger partial charge in [-0.25, -0.2) is 13.2 Å². The lowest BCUT2D eigenvalue weighted by molar-refractivity contribution is -0.137. The summed E-state index contributed by atoms with van der Waals surface area (Å²) in [5.74, 6) is -1.06. The SMILES string of the molecule is CC(C)(CCC(=O)O)NC(=O)NCCS(C)(=O)=O. The number of carbonyl (C=O) groups is 2. The molecule has 0 radical (unpaired) electrons. The average Bonchev–Trinajstić information content (AvgIpc) is 2.12. The van der Waals surface area contributed by atoms with Crippen LogP contribution in [-0.4, -0.2) is 49.6 Å². The maximum absolute atomic E-state index is 11.4. The largest absolute Gasteiger partial charge is 0.481 e. The molecule has 0 saturated heterocycles. The minimum Gasteiger partial charge on any atom is -0.481 e. The van der Waals surface area contributed by atoms with Gasteiger partial charge < -0.3 is 15.7 Å². The van der Waals surface area contributed by atoms with Crippen molar-refractivity contribution in [3.8, 4) is 0 Å². The second-order valence-corrected chi connectivity index (χ2v) is 7.05. The van der Waals surface area contributed by atoms with Crippen LogP contribution in [0.2, 0.25) is 0 Å². The zero-order chi connectivity index (χ0) is 14.4. The van der Waals surface area contributed by atoms with E-state index >= 15 is 0 Å². The van der Waals surface area contributed by atoms with Gasteiger partial charge in [0.25, 0.3) is 0 Å². The summed E-state index contributed by atoms with van der Waals surface area (Å²) in [6, 6.07) is -0.506. The van der Waals surface area contributed by atoms with Crippen molar-refractivity contribution in [3.63, 3.8) is 0 Å². The first kappa shape index (κ1) is 16.7. The maximum Gasteiger partial charge on any atom is 0.315 e. The van der Waals surface area contributed by atoms with E-state index in [9.17, 15) is 18.0 Å². The Morgan fingerprint density at radius 1 is 1.28 bits per heavy atom. The highest BCUT2D eigenvalue weighted by molar-refractivity contribution is 7.90. The van der Waals surface area contributed by atoms with Crippen LogP contribution in [0.5, 0.6) is 0 Å². The molecule has 0 rings (SSSR count). The lowest BCUT2D eigenvalue weighted by atomic mass is 9.99. The van der Waals surface area contributed by atoms with Crippen LogP contribution in [0.15, 0.2) is 0 Å². The molecule has 0 atom stereocenters. The van der Waals surface area contributed by atoms with Crippen LogP contribution in [-0.2, 0) is 14.6 Å². The normalized spacial score (nSPS) is 11.9.